The molecule has 1 saturated heterocycles. The molecule has 1 aliphatic heterocycles. The third kappa shape index (κ3) is 3.31. The SMILES string of the molecule is O=C(O)c1cnc(CN2CCCCC2)nc1-c1ccccc1. The molecule has 1 aromatic carbocycles. The molecule has 2 heterocycles. The van der Waals surface area contributed by atoms with Gasteiger partial charge in [-0.3, -0.25) is 4.90 Å². The smallest absolute Gasteiger partial charge is 0.339 e. The van der Waals surface area contributed by atoms with Crippen molar-refractivity contribution in [1.82, 2.24) is 14.9 Å². The van der Waals surface area contributed by atoms with E-state index < -0.39 is 5.97 Å². The Morgan fingerprint density at radius 2 is 1.86 bits per heavy atom. The summed E-state index contributed by atoms with van der Waals surface area (Å²) in [7, 11) is 0. The molecule has 1 N–H and O–H groups in total. The largest absolute Gasteiger partial charge is 0.478 e. The van der Waals surface area contributed by atoms with Crippen molar-refractivity contribution < 1.29 is 9.90 Å². The van der Waals surface area contributed by atoms with Crippen molar-refractivity contribution in [3.05, 3.63) is 47.9 Å². The first-order chi connectivity index (χ1) is 10.7. The molecule has 0 bridgehead atoms. The molecule has 0 saturated carbocycles. The molecule has 1 aromatic heterocycles. The molecule has 0 spiro atoms. The number of carbonyl (C=O) groups is 1. The van der Waals surface area contributed by atoms with Gasteiger partial charge in [-0.25, -0.2) is 14.8 Å². The Bertz CT molecular complexity index is 652. The maximum atomic E-state index is 11.4. The number of aromatic nitrogens is 2. The second-order valence-electron chi connectivity index (χ2n) is 5.56. The molecular weight excluding hydrogens is 278 g/mol. The molecule has 114 valence electrons. The standard InChI is InChI=1S/C17H19N3O2/c21-17(22)14-11-18-15(12-20-9-5-2-6-10-20)19-16(14)13-7-3-1-4-8-13/h1,3-4,7-8,11H,2,5-6,9-10,12H2,(H,21,22). The van der Waals surface area contributed by atoms with Gasteiger partial charge in [-0.1, -0.05) is 36.8 Å². The summed E-state index contributed by atoms with van der Waals surface area (Å²) in [5.41, 5.74) is 1.45. The van der Waals surface area contributed by atoms with Gasteiger partial charge in [0.15, 0.2) is 0 Å². The first-order valence-corrected chi connectivity index (χ1v) is 7.61. The molecule has 2 aromatic rings. The van der Waals surface area contributed by atoms with E-state index in [-0.39, 0.29) is 5.56 Å². The summed E-state index contributed by atoms with van der Waals surface area (Å²) < 4.78 is 0. The molecule has 1 aliphatic rings. The lowest BCUT2D eigenvalue weighted by Gasteiger charge is -2.25. The van der Waals surface area contributed by atoms with Crippen LogP contribution in [-0.2, 0) is 6.54 Å². The molecule has 0 radical (unpaired) electrons. The molecule has 1 fully saturated rings. The van der Waals surface area contributed by atoms with E-state index in [2.05, 4.69) is 14.9 Å². The Hall–Kier alpha value is -2.27. The van der Waals surface area contributed by atoms with E-state index in [9.17, 15) is 9.90 Å². The summed E-state index contributed by atoms with van der Waals surface area (Å²) in [4.78, 5) is 22.5. The van der Waals surface area contributed by atoms with E-state index in [1.807, 2.05) is 30.3 Å². The van der Waals surface area contributed by atoms with Crippen LogP contribution >= 0.6 is 0 Å². The lowest BCUT2D eigenvalue weighted by Crippen LogP contribution is -2.30. The highest BCUT2D eigenvalue weighted by atomic mass is 16.4. The lowest BCUT2D eigenvalue weighted by molar-refractivity contribution is 0.0696. The topological polar surface area (TPSA) is 66.3 Å². The summed E-state index contributed by atoms with van der Waals surface area (Å²) in [6.45, 7) is 2.80. The van der Waals surface area contributed by atoms with Crippen LogP contribution in [0.1, 0.15) is 35.4 Å². The minimum atomic E-state index is -0.997. The number of hydrogen-bond acceptors (Lipinski definition) is 4. The van der Waals surface area contributed by atoms with Crippen LogP contribution in [0.2, 0.25) is 0 Å². The number of carboxylic acid groups (broad SMARTS) is 1. The maximum Gasteiger partial charge on any atom is 0.339 e. The lowest BCUT2D eigenvalue weighted by atomic mass is 10.1. The fourth-order valence-electron chi connectivity index (χ4n) is 2.78. The number of piperidine rings is 1. The monoisotopic (exact) mass is 297 g/mol. The molecule has 0 aliphatic carbocycles. The molecule has 5 heteroatoms. The zero-order valence-corrected chi connectivity index (χ0v) is 12.4. The number of nitrogens with zero attached hydrogens (tertiary/aromatic N) is 3. The van der Waals surface area contributed by atoms with E-state index in [1.54, 1.807) is 0 Å². The van der Waals surface area contributed by atoms with Crippen LogP contribution in [-0.4, -0.2) is 39.0 Å². The minimum absolute atomic E-state index is 0.147. The van der Waals surface area contributed by atoms with Crippen molar-refractivity contribution in [2.45, 2.75) is 25.8 Å². The fraction of sp³-hybridized carbons (Fsp3) is 0.353. The zero-order chi connectivity index (χ0) is 15.4. The van der Waals surface area contributed by atoms with Crippen molar-refractivity contribution in [2.24, 2.45) is 0 Å². The Kier molecular flexibility index (Phi) is 4.44. The van der Waals surface area contributed by atoms with Gasteiger partial charge in [0.05, 0.1) is 12.2 Å². The van der Waals surface area contributed by atoms with E-state index in [0.29, 0.717) is 18.1 Å². The predicted molar refractivity (Wildman–Crippen MR) is 83.6 cm³/mol. The van der Waals surface area contributed by atoms with Gasteiger partial charge in [-0.05, 0) is 25.9 Å². The third-order valence-electron chi connectivity index (χ3n) is 3.93. The molecule has 0 unspecified atom stereocenters. The molecule has 0 amide bonds. The van der Waals surface area contributed by atoms with Gasteiger partial charge in [0.25, 0.3) is 0 Å². The third-order valence-corrected chi connectivity index (χ3v) is 3.93. The normalized spacial score (nSPS) is 15.6. The number of likely N-dealkylation sites (tertiary alicyclic amines) is 1. The molecule has 3 rings (SSSR count). The second kappa shape index (κ2) is 6.66. The van der Waals surface area contributed by atoms with Gasteiger partial charge in [0.2, 0.25) is 0 Å². The molecule has 5 nitrogen and oxygen atoms in total. The van der Waals surface area contributed by atoms with Gasteiger partial charge >= 0.3 is 5.97 Å². The second-order valence-corrected chi connectivity index (χ2v) is 5.56. The summed E-state index contributed by atoms with van der Waals surface area (Å²) in [6, 6.07) is 9.42. The van der Waals surface area contributed by atoms with Crippen LogP contribution in [0.4, 0.5) is 0 Å². The maximum absolute atomic E-state index is 11.4. The first-order valence-electron chi connectivity index (χ1n) is 7.61. The summed E-state index contributed by atoms with van der Waals surface area (Å²) in [5.74, 6) is -0.311. The van der Waals surface area contributed by atoms with Crippen molar-refractivity contribution in [3.8, 4) is 11.3 Å². The van der Waals surface area contributed by atoms with E-state index in [0.717, 1.165) is 18.7 Å². The summed E-state index contributed by atoms with van der Waals surface area (Å²) in [6.07, 6.45) is 5.12. The van der Waals surface area contributed by atoms with E-state index >= 15 is 0 Å². The Morgan fingerprint density at radius 3 is 2.55 bits per heavy atom. The summed E-state index contributed by atoms with van der Waals surface area (Å²) >= 11 is 0. The van der Waals surface area contributed by atoms with Crippen LogP contribution in [0.3, 0.4) is 0 Å². The average molecular weight is 297 g/mol. The Balaban J connectivity index is 1.91. The van der Waals surface area contributed by atoms with Crippen molar-refractivity contribution in [2.75, 3.05) is 13.1 Å². The zero-order valence-electron chi connectivity index (χ0n) is 12.4. The number of benzene rings is 1. The Labute approximate surface area is 129 Å². The van der Waals surface area contributed by atoms with Gasteiger partial charge in [-0.2, -0.15) is 0 Å². The number of rotatable bonds is 4. The van der Waals surface area contributed by atoms with Crippen molar-refractivity contribution in [3.63, 3.8) is 0 Å². The predicted octanol–water partition coefficient (Wildman–Crippen LogP) is 2.83. The molecule has 0 atom stereocenters. The first kappa shape index (κ1) is 14.7. The molecular formula is C17H19N3O2. The highest BCUT2D eigenvalue weighted by Crippen LogP contribution is 2.21. The number of hydrogen-bond donors (Lipinski definition) is 1. The highest BCUT2D eigenvalue weighted by molar-refractivity contribution is 5.94. The van der Waals surface area contributed by atoms with Crippen LogP contribution in [0.25, 0.3) is 11.3 Å². The van der Waals surface area contributed by atoms with Crippen LogP contribution < -0.4 is 0 Å². The average Bonchev–Trinajstić information content (AvgIpc) is 2.56. The van der Waals surface area contributed by atoms with E-state index in [4.69, 9.17) is 0 Å². The van der Waals surface area contributed by atoms with Gasteiger partial charge < -0.3 is 5.11 Å². The van der Waals surface area contributed by atoms with Gasteiger partial charge in [-0.15, -0.1) is 0 Å². The summed E-state index contributed by atoms with van der Waals surface area (Å²) in [5, 5.41) is 9.35. The minimum Gasteiger partial charge on any atom is -0.478 e. The van der Waals surface area contributed by atoms with Crippen molar-refractivity contribution >= 4 is 5.97 Å². The van der Waals surface area contributed by atoms with Crippen molar-refractivity contribution in [1.29, 1.82) is 0 Å². The van der Waals surface area contributed by atoms with Crippen LogP contribution in [0.5, 0.6) is 0 Å². The Morgan fingerprint density at radius 1 is 1.14 bits per heavy atom. The number of carboxylic acids is 1. The van der Waals surface area contributed by atoms with Gasteiger partial charge in [0, 0.05) is 11.8 Å². The highest BCUT2D eigenvalue weighted by Gasteiger charge is 2.17. The van der Waals surface area contributed by atoms with Crippen LogP contribution in [0, 0.1) is 0 Å². The van der Waals surface area contributed by atoms with Crippen LogP contribution in [0.15, 0.2) is 36.5 Å². The van der Waals surface area contributed by atoms with Gasteiger partial charge in [0.1, 0.15) is 11.4 Å². The number of aromatic carboxylic acids is 1. The van der Waals surface area contributed by atoms with E-state index in [1.165, 1.54) is 25.5 Å². The molecule has 22 heavy (non-hydrogen) atoms. The quantitative estimate of drug-likeness (QED) is 0.940. The fourth-order valence-corrected chi connectivity index (χ4v) is 2.78.